The molecule has 7 heteroatoms. The van der Waals surface area contributed by atoms with Gasteiger partial charge >= 0.3 is 8.60 Å². The summed E-state index contributed by atoms with van der Waals surface area (Å²) in [5, 5.41) is 0. The molecule has 152 valence electrons. The molecule has 0 aliphatic carbocycles. The Hall–Kier alpha value is 0.190. The minimum absolute atomic E-state index is 0.649. The summed E-state index contributed by atoms with van der Waals surface area (Å²) in [7, 11) is -1.26. The van der Waals surface area contributed by atoms with Crippen LogP contribution in [0, 0.1) is 0 Å². The fourth-order valence-corrected chi connectivity index (χ4v) is 2.94. The van der Waals surface area contributed by atoms with Gasteiger partial charge in [0.15, 0.2) is 0 Å². The summed E-state index contributed by atoms with van der Waals surface area (Å²) in [5.74, 6) is 0. The standard InChI is InChI=1S/C18H39O6P/c1-4-19-13-7-10-16-22-25(23-17-11-8-14-20-5-2)24-18-12-9-15-21-6-3/h4-18H2,1-3H3. The van der Waals surface area contributed by atoms with Crippen LogP contribution in [0.15, 0.2) is 0 Å². The van der Waals surface area contributed by atoms with E-state index in [1.807, 2.05) is 20.8 Å². The lowest BCUT2D eigenvalue weighted by atomic mass is 10.3. The molecular formula is C18H39O6P. The zero-order valence-corrected chi connectivity index (χ0v) is 17.4. The van der Waals surface area contributed by atoms with Gasteiger partial charge in [-0.2, -0.15) is 0 Å². The van der Waals surface area contributed by atoms with E-state index in [0.29, 0.717) is 19.8 Å². The quantitative estimate of drug-likeness (QED) is 0.212. The van der Waals surface area contributed by atoms with Gasteiger partial charge in [-0.3, -0.25) is 0 Å². The lowest BCUT2D eigenvalue weighted by Gasteiger charge is -2.17. The van der Waals surface area contributed by atoms with Gasteiger partial charge in [0.2, 0.25) is 0 Å². The molecule has 0 radical (unpaired) electrons. The van der Waals surface area contributed by atoms with Crippen molar-refractivity contribution in [1.29, 1.82) is 0 Å². The highest BCUT2D eigenvalue weighted by Crippen LogP contribution is 2.40. The van der Waals surface area contributed by atoms with Gasteiger partial charge in [-0.25, -0.2) is 0 Å². The third-order valence-corrected chi connectivity index (χ3v) is 4.43. The van der Waals surface area contributed by atoms with Gasteiger partial charge in [0.05, 0.1) is 19.8 Å². The molecule has 0 aromatic carbocycles. The molecule has 0 saturated heterocycles. The van der Waals surface area contributed by atoms with Crippen molar-refractivity contribution in [2.45, 2.75) is 59.3 Å². The van der Waals surface area contributed by atoms with Crippen molar-refractivity contribution in [3.8, 4) is 0 Å². The summed E-state index contributed by atoms with van der Waals surface area (Å²) < 4.78 is 33.3. The summed E-state index contributed by atoms with van der Waals surface area (Å²) in [6.07, 6.45) is 5.87. The van der Waals surface area contributed by atoms with Gasteiger partial charge in [0, 0.05) is 39.6 Å². The molecule has 0 spiro atoms. The molecule has 0 fully saturated rings. The number of ether oxygens (including phenoxy) is 3. The van der Waals surface area contributed by atoms with Crippen molar-refractivity contribution in [2.24, 2.45) is 0 Å². The Morgan fingerprint density at radius 2 is 0.720 bits per heavy atom. The van der Waals surface area contributed by atoms with Crippen molar-refractivity contribution in [1.82, 2.24) is 0 Å². The summed E-state index contributed by atoms with van der Waals surface area (Å²) in [6.45, 7) is 12.6. The number of unbranched alkanes of at least 4 members (excludes halogenated alkanes) is 3. The van der Waals surface area contributed by atoms with Crippen LogP contribution in [0.3, 0.4) is 0 Å². The summed E-state index contributed by atoms with van der Waals surface area (Å²) in [5.41, 5.74) is 0. The monoisotopic (exact) mass is 382 g/mol. The molecule has 0 amide bonds. The molecule has 6 nitrogen and oxygen atoms in total. The third kappa shape index (κ3) is 20.4. The molecule has 0 saturated carbocycles. The van der Waals surface area contributed by atoms with Crippen molar-refractivity contribution >= 4 is 8.60 Å². The average molecular weight is 382 g/mol. The predicted octanol–water partition coefficient (Wildman–Crippen LogP) is 4.71. The van der Waals surface area contributed by atoms with Crippen LogP contribution in [-0.4, -0.2) is 59.5 Å². The second kappa shape index (κ2) is 22.2. The van der Waals surface area contributed by atoms with Crippen LogP contribution in [0.4, 0.5) is 0 Å². The summed E-state index contributed by atoms with van der Waals surface area (Å²) >= 11 is 0. The maximum Gasteiger partial charge on any atom is 0.332 e. The van der Waals surface area contributed by atoms with E-state index < -0.39 is 8.60 Å². The van der Waals surface area contributed by atoms with Crippen molar-refractivity contribution in [3.05, 3.63) is 0 Å². The first-order valence-corrected chi connectivity index (χ1v) is 10.9. The van der Waals surface area contributed by atoms with Crippen LogP contribution in [0.5, 0.6) is 0 Å². The fourth-order valence-electron chi connectivity index (χ4n) is 1.88. The van der Waals surface area contributed by atoms with Crippen LogP contribution in [0.25, 0.3) is 0 Å². The number of hydrogen-bond acceptors (Lipinski definition) is 6. The Balaban J connectivity index is 3.76. The van der Waals surface area contributed by atoms with Gasteiger partial charge in [-0.1, -0.05) is 0 Å². The van der Waals surface area contributed by atoms with Gasteiger partial charge in [0.25, 0.3) is 0 Å². The summed E-state index contributed by atoms with van der Waals surface area (Å²) in [6, 6.07) is 0. The Bertz CT molecular complexity index is 208. The average Bonchev–Trinajstić information content (AvgIpc) is 2.63. The van der Waals surface area contributed by atoms with E-state index in [2.05, 4.69) is 0 Å². The Kier molecular flexibility index (Phi) is 22.4. The van der Waals surface area contributed by atoms with Crippen LogP contribution < -0.4 is 0 Å². The minimum Gasteiger partial charge on any atom is -0.382 e. The Morgan fingerprint density at radius 3 is 1.00 bits per heavy atom. The number of hydrogen-bond donors (Lipinski definition) is 0. The second-order valence-electron chi connectivity index (χ2n) is 5.44. The van der Waals surface area contributed by atoms with E-state index in [4.69, 9.17) is 27.8 Å². The normalized spacial score (nSPS) is 11.5. The fraction of sp³-hybridized carbons (Fsp3) is 1.00. The first kappa shape index (κ1) is 25.2. The predicted molar refractivity (Wildman–Crippen MR) is 102 cm³/mol. The zero-order chi connectivity index (χ0) is 18.4. The summed E-state index contributed by atoms with van der Waals surface area (Å²) in [4.78, 5) is 0. The Morgan fingerprint density at radius 1 is 0.440 bits per heavy atom. The number of rotatable bonds is 21. The SMILES string of the molecule is CCOCCCCOP(OCCCCOCC)OCCCCOCC. The second-order valence-corrected chi connectivity index (χ2v) is 6.66. The van der Waals surface area contributed by atoms with Crippen molar-refractivity contribution in [2.75, 3.05) is 59.5 Å². The topological polar surface area (TPSA) is 55.4 Å². The maximum absolute atomic E-state index is 5.78. The van der Waals surface area contributed by atoms with E-state index >= 15 is 0 Å². The molecule has 0 rings (SSSR count). The van der Waals surface area contributed by atoms with E-state index in [1.54, 1.807) is 0 Å². The molecule has 0 bridgehead atoms. The zero-order valence-electron chi connectivity index (χ0n) is 16.5. The largest absolute Gasteiger partial charge is 0.382 e. The van der Waals surface area contributed by atoms with Crippen LogP contribution in [0.1, 0.15) is 59.3 Å². The highest BCUT2D eigenvalue weighted by atomic mass is 31.2. The molecule has 0 aromatic rings. The molecule has 0 unspecified atom stereocenters. The van der Waals surface area contributed by atoms with E-state index in [0.717, 1.165) is 78.2 Å². The van der Waals surface area contributed by atoms with Crippen molar-refractivity contribution < 1.29 is 27.8 Å². The highest BCUT2D eigenvalue weighted by Gasteiger charge is 2.12. The smallest absolute Gasteiger partial charge is 0.332 e. The van der Waals surface area contributed by atoms with Crippen LogP contribution in [-0.2, 0) is 27.8 Å². The van der Waals surface area contributed by atoms with Gasteiger partial charge in [-0.05, 0) is 59.3 Å². The van der Waals surface area contributed by atoms with Gasteiger partial charge in [-0.15, -0.1) is 0 Å². The third-order valence-electron chi connectivity index (χ3n) is 3.25. The molecular weight excluding hydrogens is 343 g/mol. The molecule has 0 N–H and O–H groups in total. The van der Waals surface area contributed by atoms with E-state index in [1.165, 1.54) is 0 Å². The molecule has 0 aliphatic rings. The van der Waals surface area contributed by atoms with E-state index in [9.17, 15) is 0 Å². The van der Waals surface area contributed by atoms with Gasteiger partial charge in [0.1, 0.15) is 0 Å². The van der Waals surface area contributed by atoms with Crippen LogP contribution in [0.2, 0.25) is 0 Å². The van der Waals surface area contributed by atoms with Gasteiger partial charge < -0.3 is 27.8 Å². The maximum atomic E-state index is 5.78. The van der Waals surface area contributed by atoms with Crippen LogP contribution >= 0.6 is 8.60 Å². The molecule has 0 aliphatic heterocycles. The molecule has 0 atom stereocenters. The van der Waals surface area contributed by atoms with Crippen molar-refractivity contribution in [3.63, 3.8) is 0 Å². The Labute approximate surface area is 155 Å². The molecule has 25 heavy (non-hydrogen) atoms. The lowest BCUT2D eigenvalue weighted by molar-refractivity contribution is 0.117. The first-order chi connectivity index (χ1) is 12.3. The molecule has 0 aromatic heterocycles. The highest BCUT2D eigenvalue weighted by molar-refractivity contribution is 7.41. The lowest BCUT2D eigenvalue weighted by Crippen LogP contribution is -2.03. The minimum atomic E-state index is -1.26. The van der Waals surface area contributed by atoms with E-state index in [-0.39, 0.29) is 0 Å². The molecule has 0 heterocycles. The first-order valence-electron chi connectivity index (χ1n) is 9.77.